The Hall–Kier alpha value is -1.32. The number of hydrogen-bond donors (Lipinski definition) is 1. The molecule has 4 rings (SSSR count). The molecule has 0 radical (unpaired) electrons. The van der Waals surface area contributed by atoms with Crippen LogP contribution in [0, 0.1) is 5.41 Å². The molecule has 3 aliphatic carbocycles. The van der Waals surface area contributed by atoms with E-state index in [0.29, 0.717) is 23.1 Å². The van der Waals surface area contributed by atoms with E-state index in [1.54, 1.807) is 0 Å². The van der Waals surface area contributed by atoms with Gasteiger partial charge in [0.25, 0.3) is 0 Å². The van der Waals surface area contributed by atoms with E-state index in [-0.39, 0.29) is 5.97 Å². The zero-order valence-electron chi connectivity index (χ0n) is 8.59. The van der Waals surface area contributed by atoms with Gasteiger partial charge in [0.05, 0.1) is 6.61 Å². The Morgan fingerprint density at radius 3 is 3.13 bits per heavy atom. The standard InChI is InChI=1S/C11H12N2O2/c1-2-15-9(14)8-7-6(12-13-8)3-10-4-11(7,10)5-10/h2-5H2,1H3,(H,12,13). The minimum Gasteiger partial charge on any atom is -0.461 e. The summed E-state index contributed by atoms with van der Waals surface area (Å²) in [6.07, 6.45) is 3.62. The highest BCUT2D eigenvalue weighted by Crippen LogP contribution is 2.90. The number of fused-ring (bicyclic) bond motifs is 1. The van der Waals surface area contributed by atoms with E-state index in [2.05, 4.69) is 10.2 Å². The maximum Gasteiger partial charge on any atom is 0.359 e. The van der Waals surface area contributed by atoms with Gasteiger partial charge in [-0.1, -0.05) is 0 Å². The summed E-state index contributed by atoms with van der Waals surface area (Å²) in [6.45, 7) is 2.24. The number of ether oxygens (including phenoxy) is 1. The third kappa shape index (κ3) is 0.664. The lowest BCUT2D eigenvalue weighted by Gasteiger charge is -2.08. The van der Waals surface area contributed by atoms with Gasteiger partial charge < -0.3 is 4.74 Å². The Labute approximate surface area is 87.0 Å². The second-order valence-corrected chi connectivity index (χ2v) is 5.04. The number of nitrogens with one attached hydrogen (secondary N) is 1. The fourth-order valence-corrected chi connectivity index (χ4v) is 3.46. The van der Waals surface area contributed by atoms with Gasteiger partial charge in [-0.25, -0.2) is 4.79 Å². The van der Waals surface area contributed by atoms with Crippen LogP contribution in [0.3, 0.4) is 0 Å². The summed E-state index contributed by atoms with van der Waals surface area (Å²) in [6, 6.07) is 0. The van der Waals surface area contributed by atoms with Gasteiger partial charge in [-0.3, -0.25) is 5.10 Å². The molecule has 1 heterocycles. The molecule has 78 valence electrons. The van der Waals surface area contributed by atoms with Crippen LogP contribution < -0.4 is 0 Å². The van der Waals surface area contributed by atoms with E-state index in [9.17, 15) is 4.79 Å². The first-order valence-electron chi connectivity index (χ1n) is 5.47. The molecule has 15 heavy (non-hydrogen) atoms. The highest BCUT2D eigenvalue weighted by Gasteiger charge is 2.87. The Morgan fingerprint density at radius 1 is 1.60 bits per heavy atom. The molecule has 1 aromatic rings. The van der Waals surface area contributed by atoms with Crippen LogP contribution in [0.4, 0.5) is 0 Å². The molecule has 0 bridgehead atoms. The predicted molar refractivity (Wildman–Crippen MR) is 51.6 cm³/mol. The summed E-state index contributed by atoms with van der Waals surface area (Å²) < 4.78 is 5.02. The highest BCUT2D eigenvalue weighted by atomic mass is 16.5. The molecule has 0 aromatic carbocycles. The minimum atomic E-state index is -0.265. The van der Waals surface area contributed by atoms with Crippen molar-refractivity contribution in [2.75, 3.05) is 6.61 Å². The molecule has 0 atom stereocenters. The molecule has 3 aliphatic rings. The van der Waals surface area contributed by atoms with Crippen LogP contribution in [-0.4, -0.2) is 22.8 Å². The largest absolute Gasteiger partial charge is 0.461 e. The molecule has 0 unspecified atom stereocenters. The molecule has 1 aromatic heterocycles. The van der Waals surface area contributed by atoms with Crippen molar-refractivity contribution in [1.29, 1.82) is 0 Å². The first-order valence-corrected chi connectivity index (χ1v) is 5.47. The van der Waals surface area contributed by atoms with E-state index >= 15 is 0 Å². The zero-order valence-corrected chi connectivity index (χ0v) is 8.59. The molecule has 4 nitrogen and oxygen atoms in total. The van der Waals surface area contributed by atoms with E-state index in [1.165, 1.54) is 24.1 Å². The van der Waals surface area contributed by atoms with Gasteiger partial charge in [0.1, 0.15) is 0 Å². The fraction of sp³-hybridized carbons (Fsp3) is 0.636. The van der Waals surface area contributed by atoms with E-state index in [0.717, 1.165) is 6.42 Å². The third-order valence-corrected chi connectivity index (χ3v) is 4.35. The molecule has 2 saturated carbocycles. The molecular weight excluding hydrogens is 192 g/mol. The van der Waals surface area contributed by atoms with Crippen LogP contribution >= 0.6 is 0 Å². The molecule has 0 saturated heterocycles. The summed E-state index contributed by atoms with van der Waals surface area (Å²) in [5.41, 5.74) is 3.79. The molecule has 2 fully saturated rings. The number of esters is 1. The van der Waals surface area contributed by atoms with Crippen LogP contribution in [-0.2, 0) is 16.6 Å². The molecule has 0 aliphatic heterocycles. The second kappa shape index (κ2) is 1.96. The normalized spacial score (nSPS) is 37.9. The average molecular weight is 204 g/mol. The van der Waals surface area contributed by atoms with Crippen molar-refractivity contribution in [3.05, 3.63) is 17.0 Å². The van der Waals surface area contributed by atoms with Crippen molar-refractivity contribution in [2.45, 2.75) is 31.6 Å². The number of nitrogens with zero attached hydrogens (tertiary/aromatic N) is 1. The number of hydrogen-bond acceptors (Lipinski definition) is 3. The highest BCUT2D eigenvalue weighted by molar-refractivity contribution is 5.91. The quantitative estimate of drug-likeness (QED) is 0.736. The van der Waals surface area contributed by atoms with Gasteiger partial charge >= 0.3 is 5.97 Å². The van der Waals surface area contributed by atoms with Gasteiger partial charge in [-0.15, -0.1) is 0 Å². The number of aromatic nitrogens is 2. The summed E-state index contributed by atoms with van der Waals surface area (Å²) >= 11 is 0. The second-order valence-electron chi connectivity index (χ2n) is 5.04. The van der Waals surface area contributed by atoms with Crippen LogP contribution in [0.5, 0.6) is 0 Å². The molecule has 0 spiro atoms. The number of rotatable bonds is 2. The Balaban J connectivity index is 1.80. The summed E-state index contributed by atoms with van der Waals surface area (Å²) in [4.78, 5) is 11.7. The maximum absolute atomic E-state index is 11.7. The molecule has 1 N–H and O–H groups in total. The number of carbonyl (C=O) groups excluding carboxylic acids is 1. The van der Waals surface area contributed by atoms with Gasteiger partial charge in [-0.2, -0.15) is 5.10 Å². The lowest BCUT2D eigenvalue weighted by molar-refractivity contribution is 0.0517. The summed E-state index contributed by atoms with van der Waals surface area (Å²) in [5, 5.41) is 7.09. The van der Waals surface area contributed by atoms with E-state index in [4.69, 9.17) is 4.74 Å². The Morgan fingerprint density at radius 2 is 2.40 bits per heavy atom. The number of carbonyl (C=O) groups is 1. The Bertz CT molecular complexity index is 483. The van der Waals surface area contributed by atoms with Crippen molar-refractivity contribution in [3.63, 3.8) is 0 Å². The zero-order chi connectivity index (χ0) is 10.3. The van der Waals surface area contributed by atoms with Gasteiger partial charge in [0.2, 0.25) is 0 Å². The smallest absolute Gasteiger partial charge is 0.359 e. The van der Waals surface area contributed by atoms with Crippen molar-refractivity contribution < 1.29 is 9.53 Å². The number of aromatic amines is 1. The average Bonchev–Trinajstić information content (AvgIpc) is 2.82. The minimum absolute atomic E-state index is 0.265. The summed E-state index contributed by atoms with van der Waals surface area (Å²) in [5.74, 6) is -0.265. The lowest BCUT2D eigenvalue weighted by Crippen LogP contribution is -2.10. The molecule has 4 heteroatoms. The Kier molecular flexibility index (Phi) is 1.03. The lowest BCUT2D eigenvalue weighted by atomic mass is 9.96. The predicted octanol–water partition coefficient (Wildman–Crippen LogP) is 1.17. The van der Waals surface area contributed by atoms with Gasteiger partial charge in [0, 0.05) is 16.7 Å². The van der Waals surface area contributed by atoms with Gasteiger partial charge in [-0.05, 0) is 31.6 Å². The van der Waals surface area contributed by atoms with Gasteiger partial charge in [0.15, 0.2) is 5.69 Å². The van der Waals surface area contributed by atoms with Crippen molar-refractivity contribution in [3.8, 4) is 0 Å². The van der Waals surface area contributed by atoms with Crippen molar-refractivity contribution in [1.82, 2.24) is 10.2 Å². The molecule has 0 amide bonds. The first-order chi connectivity index (χ1) is 7.22. The van der Waals surface area contributed by atoms with Crippen molar-refractivity contribution in [2.24, 2.45) is 5.41 Å². The SMILES string of the molecule is CCOC(=O)c1n[nH]c2c1C13CC1(C2)C3. The summed E-state index contributed by atoms with van der Waals surface area (Å²) in [7, 11) is 0. The van der Waals surface area contributed by atoms with Crippen molar-refractivity contribution >= 4 is 5.97 Å². The van der Waals surface area contributed by atoms with E-state index in [1.807, 2.05) is 6.92 Å². The fourth-order valence-electron chi connectivity index (χ4n) is 3.46. The molecular formula is C11H12N2O2. The van der Waals surface area contributed by atoms with Crippen LogP contribution in [0.25, 0.3) is 0 Å². The number of H-pyrrole nitrogens is 1. The van der Waals surface area contributed by atoms with Crippen LogP contribution in [0.15, 0.2) is 0 Å². The first kappa shape index (κ1) is 7.91. The topological polar surface area (TPSA) is 55.0 Å². The van der Waals surface area contributed by atoms with Crippen LogP contribution in [0.1, 0.15) is 41.5 Å². The monoisotopic (exact) mass is 204 g/mol. The van der Waals surface area contributed by atoms with Crippen LogP contribution in [0.2, 0.25) is 0 Å². The van der Waals surface area contributed by atoms with E-state index < -0.39 is 0 Å². The maximum atomic E-state index is 11.7. The third-order valence-electron chi connectivity index (χ3n) is 4.35.